The van der Waals surface area contributed by atoms with Crippen molar-refractivity contribution in [1.82, 2.24) is 14.9 Å². The number of esters is 3. The van der Waals surface area contributed by atoms with E-state index >= 15 is 0 Å². The largest absolute Gasteiger partial charge is 0.454 e. The van der Waals surface area contributed by atoms with Gasteiger partial charge in [-0.05, 0) is 70.4 Å². The van der Waals surface area contributed by atoms with Gasteiger partial charge in [0.05, 0.1) is 29.0 Å². The van der Waals surface area contributed by atoms with E-state index < -0.39 is 49.4 Å². The molecule has 0 spiro atoms. The summed E-state index contributed by atoms with van der Waals surface area (Å²) < 4.78 is 24.1. The highest BCUT2D eigenvalue weighted by atomic mass is 28.3. The monoisotopic (exact) mass is 691 g/mol. The Balaban J connectivity index is 1.52. The molecule has 262 valence electrons. The van der Waals surface area contributed by atoms with Crippen LogP contribution in [0.1, 0.15) is 83.1 Å². The standard InChI is InChI=1S/C36H45N3O9Si/c1-9-36(47-29(41)11-10-15-37-34(44)48-35(3,4)5)25-19-27-31-23(17-22-18-24(45-21(2)40)12-13-26(22)38-31)20-39(27)32(42)30(25)28(46-33(36)43)14-16-49(6,7)8/h12-13,17-19,28H,9-11,14-16,20H2,1-8H3,(H,37,44). The quantitative estimate of drug-likeness (QED) is 0.0676. The van der Waals surface area contributed by atoms with E-state index in [0.29, 0.717) is 40.2 Å². The van der Waals surface area contributed by atoms with E-state index in [-0.39, 0.29) is 37.9 Å². The van der Waals surface area contributed by atoms with Gasteiger partial charge >= 0.3 is 24.0 Å². The third-order valence-corrected chi connectivity index (χ3v) is 10.3. The molecule has 0 saturated heterocycles. The van der Waals surface area contributed by atoms with Gasteiger partial charge in [-0.2, -0.15) is 0 Å². The molecule has 2 aliphatic heterocycles. The van der Waals surface area contributed by atoms with Gasteiger partial charge in [0.25, 0.3) is 5.56 Å². The minimum atomic E-state index is -1.84. The van der Waals surface area contributed by atoms with Crippen LogP contribution in [0.3, 0.4) is 0 Å². The molecule has 0 radical (unpaired) electrons. The Morgan fingerprint density at radius 1 is 1.12 bits per heavy atom. The Labute approximate surface area is 286 Å². The molecule has 2 aromatic heterocycles. The molecular weight excluding hydrogens is 646 g/mol. The molecule has 0 aliphatic carbocycles. The number of ether oxygens (including phenoxy) is 4. The van der Waals surface area contributed by atoms with Crippen molar-refractivity contribution in [3.8, 4) is 17.1 Å². The number of nitrogens with zero attached hydrogens (tertiary/aromatic N) is 2. The van der Waals surface area contributed by atoms with Crippen LogP contribution in [-0.2, 0) is 40.7 Å². The summed E-state index contributed by atoms with van der Waals surface area (Å²) in [7, 11) is -1.59. The first-order valence-electron chi connectivity index (χ1n) is 16.7. The van der Waals surface area contributed by atoms with Gasteiger partial charge in [0.2, 0.25) is 5.60 Å². The molecule has 3 aromatic rings. The summed E-state index contributed by atoms with van der Waals surface area (Å²) in [5, 5.41) is 3.36. The van der Waals surface area contributed by atoms with Crippen molar-refractivity contribution in [2.24, 2.45) is 0 Å². The van der Waals surface area contributed by atoms with E-state index in [1.807, 2.05) is 6.07 Å². The minimum absolute atomic E-state index is 0.0430. The predicted octanol–water partition coefficient (Wildman–Crippen LogP) is 6.13. The fourth-order valence-electron chi connectivity index (χ4n) is 6.25. The SMILES string of the molecule is CCC1(OC(=O)CCCNC(=O)OC(C)(C)C)C(=O)OC(CC[Si](C)(C)C)c2c1cc1n(c2=O)Cc2cc3cc(OC(C)=O)ccc3nc2-1. The summed E-state index contributed by atoms with van der Waals surface area (Å²) in [6, 6.07) is 9.61. The number of carbonyl (C=O) groups excluding carboxylic acids is 4. The Hall–Kier alpha value is -4.52. The average Bonchev–Trinajstić information content (AvgIpc) is 3.34. The maximum atomic E-state index is 14.5. The molecule has 49 heavy (non-hydrogen) atoms. The summed E-state index contributed by atoms with van der Waals surface area (Å²) in [4.78, 5) is 70.1. The van der Waals surface area contributed by atoms with Crippen LogP contribution in [0, 0.1) is 0 Å². The van der Waals surface area contributed by atoms with E-state index in [1.165, 1.54) is 6.92 Å². The molecule has 12 nitrogen and oxygen atoms in total. The van der Waals surface area contributed by atoms with Crippen molar-refractivity contribution in [3.63, 3.8) is 0 Å². The molecule has 1 N–H and O–H groups in total. The fourth-order valence-corrected chi connectivity index (χ4v) is 7.38. The molecule has 0 saturated carbocycles. The first-order valence-corrected chi connectivity index (χ1v) is 20.4. The summed E-state index contributed by atoms with van der Waals surface area (Å²) in [6.07, 6.45) is -0.717. The van der Waals surface area contributed by atoms with Gasteiger partial charge < -0.3 is 28.8 Å². The number of carbonyl (C=O) groups is 4. The number of hydrogen-bond acceptors (Lipinski definition) is 10. The number of amides is 1. The molecule has 13 heteroatoms. The molecule has 2 atom stereocenters. The Morgan fingerprint density at radius 3 is 2.51 bits per heavy atom. The average molecular weight is 692 g/mol. The molecule has 0 fully saturated rings. The van der Waals surface area contributed by atoms with Crippen molar-refractivity contribution >= 4 is 43.0 Å². The van der Waals surface area contributed by atoms with E-state index in [2.05, 4.69) is 25.0 Å². The molecule has 2 aliphatic rings. The van der Waals surface area contributed by atoms with Crippen molar-refractivity contribution in [3.05, 3.63) is 57.4 Å². The van der Waals surface area contributed by atoms with Gasteiger partial charge in [-0.15, -0.1) is 0 Å². The number of nitrogens with one attached hydrogen (secondary N) is 1. The zero-order valence-corrected chi connectivity index (χ0v) is 30.5. The summed E-state index contributed by atoms with van der Waals surface area (Å²) in [5.41, 5.74) is 0.333. The number of benzene rings is 1. The zero-order valence-electron chi connectivity index (χ0n) is 29.5. The molecule has 1 aromatic carbocycles. The number of pyridine rings is 2. The van der Waals surface area contributed by atoms with Crippen LogP contribution in [0.2, 0.25) is 25.7 Å². The van der Waals surface area contributed by atoms with Crippen LogP contribution in [0.15, 0.2) is 35.1 Å². The smallest absolute Gasteiger partial charge is 0.407 e. The Morgan fingerprint density at radius 2 is 1.86 bits per heavy atom. The maximum Gasteiger partial charge on any atom is 0.407 e. The van der Waals surface area contributed by atoms with Gasteiger partial charge in [0, 0.05) is 44.5 Å². The van der Waals surface area contributed by atoms with Crippen LogP contribution in [0.25, 0.3) is 22.3 Å². The third-order valence-electron chi connectivity index (χ3n) is 8.54. The number of alkyl carbamates (subject to hydrolysis) is 1. The highest BCUT2D eigenvalue weighted by molar-refractivity contribution is 6.76. The van der Waals surface area contributed by atoms with Crippen LogP contribution >= 0.6 is 0 Å². The topological polar surface area (TPSA) is 152 Å². The molecule has 2 unspecified atom stereocenters. The molecule has 1 amide bonds. The molecule has 0 bridgehead atoms. The van der Waals surface area contributed by atoms with Crippen molar-refractivity contribution in [1.29, 1.82) is 0 Å². The lowest BCUT2D eigenvalue weighted by atomic mass is 9.82. The number of fused-ring (bicyclic) bond motifs is 5. The van der Waals surface area contributed by atoms with Crippen LogP contribution in [0.4, 0.5) is 4.79 Å². The van der Waals surface area contributed by atoms with Crippen molar-refractivity contribution in [2.45, 2.75) is 110 Å². The van der Waals surface area contributed by atoms with E-state index in [1.54, 1.807) is 56.5 Å². The van der Waals surface area contributed by atoms with Gasteiger partial charge in [-0.3, -0.25) is 14.4 Å². The lowest BCUT2D eigenvalue weighted by Crippen LogP contribution is -2.49. The van der Waals surface area contributed by atoms with Gasteiger partial charge in [-0.1, -0.05) is 32.6 Å². The second-order valence-corrected chi connectivity index (χ2v) is 20.5. The Bertz CT molecular complexity index is 1890. The number of cyclic esters (lactones) is 1. The predicted molar refractivity (Wildman–Crippen MR) is 185 cm³/mol. The van der Waals surface area contributed by atoms with Gasteiger partial charge in [-0.25, -0.2) is 14.6 Å². The van der Waals surface area contributed by atoms with E-state index in [0.717, 1.165) is 17.0 Å². The second kappa shape index (κ2) is 13.4. The molecule has 5 rings (SSSR count). The van der Waals surface area contributed by atoms with Crippen LogP contribution < -0.4 is 15.6 Å². The zero-order chi connectivity index (χ0) is 35.9. The first kappa shape index (κ1) is 35.8. The molecular formula is C36H45N3O9Si. The lowest BCUT2D eigenvalue weighted by Gasteiger charge is -2.39. The maximum absolute atomic E-state index is 14.5. The normalized spacial score (nSPS) is 18.2. The van der Waals surface area contributed by atoms with Gasteiger partial charge in [0.1, 0.15) is 17.5 Å². The highest BCUT2D eigenvalue weighted by Gasteiger charge is 2.53. The van der Waals surface area contributed by atoms with Crippen LogP contribution in [0.5, 0.6) is 5.75 Å². The lowest BCUT2D eigenvalue weighted by molar-refractivity contribution is -0.193. The summed E-state index contributed by atoms with van der Waals surface area (Å²) in [6.45, 7) is 15.4. The van der Waals surface area contributed by atoms with E-state index in [9.17, 15) is 24.0 Å². The first-order chi connectivity index (χ1) is 22.9. The third kappa shape index (κ3) is 7.71. The second-order valence-electron chi connectivity index (χ2n) is 14.9. The van der Waals surface area contributed by atoms with Crippen molar-refractivity contribution < 1.29 is 38.1 Å². The summed E-state index contributed by atoms with van der Waals surface area (Å²) >= 11 is 0. The summed E-state index contributed by atoms with van der Waals surface area (Å²) in [5.74, 6) is -1.42. The minimum Gasteiger partial charge on any atom is -0.454 e. The molecule has 4 heterocycles. The van der Waals surface area contributed by atoms with Crippen LogP contribution in [-0.4, -0.2) is 53.8 Å². The number of hydrogen-bond donors (Lipinski definition) is 1. The number of aromatic nitrogens is 2. The van der Waals surface area contributed by atoms with E-state index in [4.69, 9.17) is 23.9 Å². The van der Waals surface area contributed by atoms with Crippen molar-refractivity contribution in [2.75, 3.05) is 6.54 Å². The Kier molecular flexibility index (Phi) is 9.79. The fraction of sp³-hybridized carbons (Fsp3) is 0.500. The highest BCUT2D eigenvalue weighted by Crippen LogP contribution is 2.46. The van der Waals surface area contributed by atoms with Gasteiger partial charge in [0.15, 0.2) is 0 Å². The number of rotatable bonds is 10.